The fraction of sp³-hybridized carbons (Fsp3) is 0.333. The van der Waals surface area contributed by atoms with Crippen LogP contribution in [0.5, 0.6) is 0 Å². The standard InChI is InChI=1S/C6H8N2O2S/c1-5-3-6(8-4-7-5)11(2,9)10/h3-4H,1-2H3. The van der Waals surface area contributed by atoms with Gasteiger partial charge in [0.05, 0.1) is 0 Å². The van der Waals surface area contributed by atoms with Gasteiger partial charge in [-0.1, -0.05) is 0 Å². The van der Waals surface area contributed by atoms with E-state index in [1.54, 1.807) is 6.92 Å². The predicted molar refractivity (Wildman–Crippen MR) is 39.9 cm³/mol. The lowest BCUT2D eigenvalue weighted by Gasteiger charge is -1.95. The fourth-order valence-electron chi connectivity index (χ4n) is 0.633. The molecule has 60 valence electrons. The molecule has 0 aliphatic carbocycles. The summed E-state index contributed by atoms with van der Waals surface area (Å²) in [7, 11) is -3.18. The van der Waals surface area contributed by atoms with Gasteiger partial charge in [-0.25, -0.2) is 18.4 Å². The summed E-state index contributed by atoms with van der Waals surface area (Å²) in [5.74, 6) is 0. The van der Waals surface area contributed by atoms with Crippen molar-refractivity contribution in [2.24, 2.45) is 0 Å². The molecule has 4 nitrogen and oxygen atoms in total. The summed E-state index contributed by atoms with van der Waals surface area (Å²) in [4.78, 5) is 7.39. The van der Waals surface area contributed by atoms with Crippen molar-refractivity contribution >= 4 is 9.84 Å². The monoisotopic (exact) mass is 172 g/mol. The van der Waals surface area contributed by atoms with Crippen molar-refractivity contribution in [3.63, 3.8) is 0 Å². The van der Waals surface area contributed by atoms with Crippen LogP contribution in [0.4, 0.5) is 0 Å². The van der Waals surface area contributed by atoms with Gasteiger partial charge in [-0.05, 0) is 13.0 Å². The van der Waals surface area contributed by atoms with E-state index in [-0.39, 0.29) is 5.03 Å². The highest BCUT2D eigenvalue weighted by molar-refractivity contribution is 7.90. The van der Waals surface area contributed by atoms with E-state index >= 15 is 0 Å². The second-order valence-corrected chi connectivity index (χ2v) is 4.23. The van der Waals surface area contributed by atoms with Gasteiger partial charge in [0.15, 0.2) is 14.9 Å². The first-order chi connectivity index (χ1) is 5.00. The lowest BCUT2D eigenvalue weighted by atomic mass is 10.5. The topological polar surface area (TPSA) is 59.9 Å². The molecule has 0 atom stereocenters. The Labute approximate surface area is 65.2 Å². The third-order valence-electron chi connectivity index (χ3n) is 1.16. The molecule has 1 aromatic heterocycles. The van der Waals surface area contributed by atoms with E-state index in [0.717, 1.165) is 6.26 Å². The maximum Gasteiger partial charge on any atom is 0.192 e. The van der Waals surface area contributed by atoms with Crippen molar-refractivity contribution < 1.29 is 8.42 Å². The van der Waals surface area contributed by atoms with Crippen LogP contribution < -0.4 is 0 Å². The van der Waals surface area contributed by atoms with Crippen LogP contribution in [0, 0.1) is 6.92 Å². The molecule has 0 N–H and O–H groups in total. The van der Waals surface area contributed by atoms with Crippen LogP contribution in [0.15, 0.2) is 17.4 Å². The SMILES string of the molecule is Cc1cc(S(C)(=O)=O)ncn1. The lowest BCUT2D eigenvalue weighted by molar-refractivity contribution is 0.597. The van der Waals surface area contributed by atoms with E-state index in [2.05, 4.69) is 9.97 Å². The Bertz CT molecular complexity index is 359. The maximum atomic E-state index is 10.9. The number of hydrogen-bond donors (Lipinski definition) is 0. The fourth-order valence-corrected chi connectivity index (χ4v) is 1.26. The average molecular weight is 172 g/mol. The maximum absolute atomic E-state index is 10.9. The zero-order chi connectivity index (χ0) is 8.48. The summed E-state index contributed by atoms with van der Waals surface area (Å²) >= 11 is 0. The third kappa shape index (κ3) is 1.98. The van der Waals surface area contributed by atoms with Gasteiger partial charge in [0.25, 0.3) is 0 Å². The first kappa shape index (κ1) is 8.13. The average Bonchev–Trinajstić information content (AvgIpc) is 1.86. The molecular weight excluding hydrogens is 164 g/mol. The number of nitrogens with zero attached hydrogens (tertiary/aromatic N) is 2. The molecule has 0 saturated heterocycles. The Hall–Kier alpha value is -0.970. The summed E-state index contributed by atoms with van der Waals surface area (Å²) in [5.41, 5.74) is 0.653. The molecule has 0 aromatic carbocycles. The van der Waals surface area contributed by atoms with Crippen molar-refractivity contribution in [2.75, 3.05) is 6.26 Å². The van der Waals surface area contributed by atoms with Gasteiger partial charge in [0, 0.05) is 11.9 Å². The van der Waals surface area contributed by atoms with Crippen molar-refractivity contribution in [3.05, 3.63) is 18.1 Å². The molecule has 0 spiro atoms. The van der Waals surface area contributed by atoms with E-state index in [4.69, 9.17) is 0 Å². The highest BCUT2D eigenvalue weighted by Gasteiger charge is 2.07. The molecule has 5 heteroatoms. The zero-order valence-corrected chi connectivity index (χ0v) is 7.09. The number of rotatable bonds is 1. The smallest absolute Gasteiger partial charge is 0.192 e. The Balaban J connectivity index is 3.28. The molecule has 0 amide bonds. The molecule has 11 heavy (non-hydrogen) atoms. The second-order valence-electron chi connectivity index (χ2n) is 2.27. The number of aromatic nitrogens is 2. The summed E-state index contributed by atoms with van der Waals surface area (Å²) in [6, 6.07) is 1.44. The quantitative estimate of drug-likeness (QED) is 0.567. The van der Waals surface area contributed by atoms with Crippen molar-refractivity contribution in [1.82, 2.24) is 9.97 Å². The summed E-state index contributed by atoms with van der Waals surface area (Å²) in [5, 5.41) is 0.0741. The molecule has 0 saturated carbocycles. The molecular formula is C6H8N2O2S. The van der Waals surface area contributed by atoms with Gasteiger partial charge in [-0.2, -0.15) is 0 Å². The molecule has 1 heterocycles. The van der Waals surface area contributed by atoms with E-state index in [0.29, 0.717) is 5.69 Å². The first-order valence-corrected chi connectivity index (χ1v) is 4.88. The molecule has 0 unspecified atom stereocenters. The number of sulfone groups is 1. The van der Waals surface area contributed by atoms with Crippen LogP contribution in [-0.4, -0.2) is 24.6 Å². The predicted octanol–water partition coefficient (Wildman–Crippen LogP) is 0.189. The van der Waals surface area contributed by atoms with Gasteiger partial charge < -0.3 is 0 Å². The Morgan fingerprint density at radius 3 is 2.36 bits per heavy atom. The Kier molecular flexibility index (Phi) is 1.90. The van der Waals surface area contributed by atoms with Gasteiger partial charge >= 0.3 is 0 Å². The molecule has 0 radical (unpaired) electrons. The van der Waals surface area contributed by atoms with Gasteiger partial charge in [0.2, 0.25) is 0 Å². The zero-order valence-electron chi connectivity index (χ0n) is 6.27. The second kappa shape index (κ2) is 2.58. The molecule has 0 fully saturated rings. The molecule has 0 bridgehead atoms. The van der Waals surface area contributed by atoms with Crippen LogP contribution in [0.1, 0.15) is 5.69 Å². The summed E-state index contributed by atoms with van der Waals surface area (Å²) in [6.45, 7) is 1.72. The van der Waals surface area contributed by atoms with Crippen LogP contribution in [-0.2, 0) is 9.84 Å². The summed E-state index contributed by atoms with van der Waals surface area (Å²) < 4.78 is 21.8. The lowest BCUT2D eigenvalue weighted by Crippen LogP contribution is -2.01. The van der Waals surface area contributed by atoms with Crippen LogP contribution >= 0.6 is 0 Å². The van der Waals surface area contributed by atoms with Crippen molar-refractivity contribution in [2.45, 2.75) is 11.9 Å². The minimum atomic E-state index is -3.18. The minimum Gasteiger partial charge on any atom is -0.242 e. The molecule has 0 aliphatic rings. The normalized spacial score (nSPS) is 11.5. The number of hydrogen-bond acceptors (Lipinski definition) is 4. The molecule has 1 rings (SSSR count). The minimum absolute atomic E-state index is 0.0741. The molecule has 0 aliphatic heterocycles. The van der Waals surface area contributed by atoms with E-state index in [9.17, 15) is 8.42 Å². The van der Waals surface area contributed by atoms with Crippen LogP contribution in [0.2, 0.25) is 0 Å². The van der Waals surface area contributed by atoms with Crippen molar-refractivity contribution in [3.8, 4) is 0 Å². The largest absolute Gasteiger partial charge is 0.242 e. The third-order valence-corrected chi connectivity index (χ3v) is 2.14. The highest BCUT2D eigenvalue weighted by atomic mass is 32.2. The van der Waals surface area contributed by atoms with Gasteiger partial charge in [-0.15, -0.1) is 0 Å². The van der Waals surface area contributed by atoms with Crippen LogP contribution in [0.3, 0.4) is 0 Å². The van der Waals surface area contributed by atoms with Crippen molar-refractivity contribution in [1.29, 1.82) is 0 Å². The van der Waals surface area contributed by atoms with Gasteiger partial charge in [0.1, 0.15) is 6.33 Å². The molecule has 1 aromatic rings. The number of aryl methyl sites for hydroxylation is 1. The highest BCUT2D eigenvalue weighted by Crippen LogP contribution is 2.03. The first-order valence-electron chi connectivity index (χ1n) is 2.99. The summed E-state index contributed by atoms with van der Waals surface area (Å²) in [6.07, 6.45) is 2.36. The van der Waals surface area contributed by atoms with E-state index in [1.165, 1.54) is 12.4 Å². The van der Waals surface area contributed by atoms with E-state index < -0.39 is 9.84 Å². The van der Waals surface area contributed by atoms with E-state index in [1.807, 2.05) is 0 Å². The van der Waals surface area contributed by atoms with Gasteiger partial charge in [-0.3, -0.25) is 0 Å². The Morgan fingerprint density at radius 2 is 2.00 bits per heavy atom. The Morgan fingerprint density at radius 1 is 1.36 bits per heavy atom. The van der Waals surface area contributed by atoms with Crippen LogP contribution in [0.25, 0.3) is 0 Å².